The van der Waals surface area contributed by atoms with Gasteiger partial charge in [0.2, 0.25) is 0 Å². The Hall–Kier alpha value is -3.92. The van der Waals surface area contributed by atoms with Gasteiger partial charge in [0.05, 0.1) is 11.3 Å². The van der Waals surface area contributed by atoms with E-state index in [2.05, 4.69) is 0 Å². The molecule has 4 nitrogen and oxygen atoms in total. The minimum Gasteiger partial charge on any atom is -0.507 e. The van der Waals surface area contributed by atoms with Crippen LogP contribution in [0.5, 0.6) is 5.75 Å². The van der Waals surface area contributed by atoms with Crippen LogP contribution < -0.4 is 5.56 Å². The van der Waals surface area contributed by atoms with Crippen LogP contribution in [-0.2, 0) is 0 Å². The fraction of sp³-hybridized carbons (Fsp3) is 0. The molecule has 0 amide bonds. The first-order valence-electron chi connectivity index (χ1n) is 8.86. The maximum Gasteiger partial charge on any atom is 0.259 e. The molecule has 0 saturated carbocycles. The number of pyridine rings is 1. The van der Waals surface area contributed by atoms with Gasteiger partial charge in [0.1, 0.15) is 5.75 Å². The number of aromatic nitrogens is 1. The summed E-state index contributed by atoms with van der Waals surface area (Å²) in [5.74, 6) is -0.675. The highest BCUT2D eigenvalue weighted by atomic mass is 16.3. The Kier molecular flexibility index (Phi) is 4.60. The van der Waals surface area contributed by atoms with Crippen molar-refractivity contribution in [2.45, 2.75) is 0 Å². The van der Waals surface area contributed by atoms with Crippen LogP contribution in [0.15, 0.2) is 102 Å². The van der Waals surface area contributed by atoms with E-state index in [9.17, 15) is 14.7 Å². The highest BCUT2D eigenvalue weighted by Gasteiger charge is 2.24. The predicted molar refractivity (Wildman–Crippen MR) is 109 cm³/mol. The van der Waals surface area contributed by atoms with Crippen molar-refractivity contribution < 1.29 is 9.90 Å². The van der Waals surface area contributed by atoms with Crippen molar-refractivity contribution in [1.29, 1.82) is 0 Å². The monoisotopic (exact) mass is 367 g/mol. The molecule has 0 fully saturated rings. The van der Waals surface area contributed by atoms with Crippen LogP contribution in [0.2, 0.25) is 0 Å². The first-order valence-corrected chi connectivity index (χ1v) is 8.86. The number of para-hydroxylation sites is 1. The number of hydrogen-bond donors (Lipinski definition) is 1. The highest BCUT2D eigenvalue weighted by Crippen LogP contribution is 2.32. The number of carbonyl (C=O) groups excluding carboxylic acids is 1. The van der Waals surface area contributed by atoms with Crippen LogP contribution >= 0.6 is 0 Å². The molecule has 1 heterocycles. The van der Waals surface area contributed by atoms with Crippen LogP contribution in [0.25, 0.3) is 16.9 Å². The SMILES string of the molecule is O=C(c1ccccc1)c1c(O)cc(=O)n(-c2ccccc2)c1-c1ccccc1. The average Bonchev–Trinajstić information content (AvgIpc) is 2.74. The zero-order valence-electron chi connectivity index (χ0n) is 14.9. The van der Waals surface area contributed by atoms with Crippen molar-refractivity contribution in [2.75, 3.05) is 0 Å². The van der Waals surface area contributed by atoms with Crippen molar-refractivity contribution >= 4 is 5.78 Å². The molecular formula is C24H17NO3. The fourth-order valence-corrected chi connectivity index (χ4v) is 3.26. The number of carbonyl (C=O) groups is 1. The highest BCUT2D eigenvalue weighted by molar-refractivity contribution is 6.14. The Bertz CT molecular complexity index is 1180. The number of hydrogen-bond acceptors (Lipinski definition) is 3. The average molecular weight is 367 g/mol. The third kappa shape index (κ3) is 3.12. The van der Waals surface area contributed by atoms with Gasteiger partial charge in [-0.15, -0.1) is 0 Å². The lowest BCUT2D eigenvalue weighted by Crippen LogP contribution is -2.22. The van der Waals surface area contributed by atoms with E-state index in [0.29, 0.717) is 22.5 Å². The zero-order valence-corrected chi connectivity index (χ0v) is 14.9. The molecule has 3 aromatic carbocycles. The fourth-order valence-electron chi connectivity index (χ4n) is 3.26. The van der Waals surface area contributed by atoms with Crippen molar-refractivity contribution in [3.05, 3.63) is 119 Å². The van der Waals surface area contributed by atoms with E-state index < -0.39 is 5.56 Å². The standard InChI is InChI=1S/C24H17NO3/c26-20-16-21(27)25(19-14-8-3-9-15-19)23(17-10-4-1-5-11-17)22(20)24(28)18-12-6-2-7-13-18/h1-16,26H. The summed E-state index contributed by atoms with van der Waals surface area (Å²) < 4.78 is 1.46. The summed E-state index contributed by atoms with van der Waals surface area (Å²) in [6.07, 6.45) is 0. The summed E-state index contributed by atoms with van der Waals surface area (Å²) >= 11 is 0. The van der Waals surface area contributed by atoms with Crippen molar-refractivity contribution in [2.24, 2.45) is 0 Å². The smallest absolute Gasteiger partial charge is 0.259 e. The maximum absolute atomic E-state index is 13.3. The zero-order chi connectivity index (χ0) is 19.5. The van der Waals surface area contributed by atoms with Gasteiger partial charge < -0.3 is 5.11 Å². The molecule has 4 heteroatoms. The molecule has 0 aliphatic rings. The molecule has 4 rings (SSSR count). The number of nitrogens with zero attached hydrogens (tertiary/aromatic N) is 1. The lowest BCUT2D eigenvalue weighted by Gasteiger charge is -2.18. The van der Waals surface area contributed by atoms with E-state index in [4.69, 9.17) is 0 Å². The Balaban J connectivity index is 2.09. The predicted octanol–water partition coefficient (Wildman–Crippen LogP) is 4.44. The minimum absolute atomic E-state index is 0.0980. The topological polar surface area (TPSA) is 59.3 Å². The largest absolute Gasteiger partial charge is 0.507 e. The summed E-state index contributed by atoms with van der Waals surface area (Å²) in [6.45, 7) is 0. The molecule has 1 aromatic heterocycles. The number of benzene rings is 3. The van der Waals surface area contributed by atoms with E-state index in [1.54, 1.807) is 36.4 Å². The van der Waals surface area contributed by atoms with Crippen LogP contribution in [0, 0.1) is 0 Å². The van der Waals surface area contributed by atoms with Crippen LogP contribution in [0.1, 0.15) is 15.9 Å². The molecule has 0 radical (unpaired) electrons. The van der Waals surface area contributed by atoms with E-state index in [1.165, 1.54) is 4.57 Å². The van der Waals surface area contributed by atoms with Gasteiger partial charge >= 0.3 is 0 Å². The van der Waals surface area contributed by atoms with Gasteiger partial charge in [-0.2, -0.15) is 0 Å². The quantitative estimate of drug-likeness (QED) is 0.543. The Labute approximate surface area is 162 Å². The van der Waals surface area contributed by atoms with E-state index in [-0.39, 0.29) is 17.1 Å². The molecule has 0 atom stereocenters. The first kappa shape index (κ1) is 17.5. The molecule has 4 aromatic rings. The summed E-state index contributed by atoms with van der Waals surface area (Å²) in [7, 11) is 0. The van der Waals surface area contributed by atoms with E-state index >= 15 is 0 Å². The maximum atomic E-state index is 13.3. The number of rotatable bonds is 4. The first-order chi connectivity index (χ1) is 13.7. The Morgan fingerprint density at radius 1 is 0.750 bits per heavy atom. The lowest BCUT2D eigenvalue weighted by atomic mass is 9.96. The second kappa shape index (κ2) is 7.37. The summed E-state index contributed by atoms with van der Waals surface area (Å²) in [6, 6.07) is 28.0. The van der Waals surface area contributed by atoms with Gasteiger partial charge in [0.15, 0.2) is 5.78 Å². The minimum atomic E-state index is -0.410. The molecule has 0 spiro atoms. The van der Waals surface area contributed by atoms with Crippen LogP contribution in [0.3, 0.4) is 0 Å². The molecule has 0 aliphatic carbocycles. The third-order valence-corrected chi connectivity index (χ3v) is 4.52. The van der Waals surface area contributed by atoms with Gasteiger partial charge in [-0.3, -0.25) is 14.2 Å². The molecule has 0 bridgehead atoms. The summed E-state index contributed by atoms with van der Waals surface area (Å²) in [5, 5.41) is 10.6. The van der Waals surface area contributed by atoms with Crippen molar-refractivity contribution in [1.82, 2.24) is 4.57 Å². The van der Waals surface area contributed by atoms with E-state index in [0.717, 1.165) is 6.07 Å². The van der Waals surface area contributed by atoms with Gasteiger partial charge in [0, 0.05) is 17.3 Å². The summed E-state index contributed by atoms with van der Waals surface area (Å²) in [5.41, 5.74) is 1.78. The van der Waals surface area contributed by atoms with Gasteiger partial charge in [-0.1, -0.05) is 78.9 Å². The van der Waals surface area contributed by atoms with E-state index in [1.807, 2.05) is 54.6 Å². The lowest BCUT2D eigenvalue weighted by molar-refractivity contribution is 0.103. The molecule has 1 N–H and O–H groups in total. The van der Waals surface area contributed by atoms with Crippen molar-refractivity contribution in [3.8, 4) is 22.7 Å². The molecule has 0 aliphatic heterocycles. The molecular weight excluding hydrogens is 350 g/mol. The number of ketones is 1. The normalized spacial score (nSPS) is 10.6. The van der Waals surface area contributed by atoms with Gasteiger partial charge in [0.25, 0.3) is 5.56 Å². The van der Waals surface area contributed by atoms with Gasteiger partial charge in [-0.25, -0.2) is 0 Å². The molecule has 28 heavy (non-hydrogen) atoms. The number of aromatic hydroxyl groups is 1. The van der Waals surface area contributed by atoms with Crippen LogP contribution in [-0.4, -0.2) is 15.5 Å². The second-order valence-electron chi connectivity index (χ2n) is 6.32. The third-order valence-electron chi connectivity index (χ3n) is 4.52. The Morgan fingerprint density at radius 2 is 1.29 bits per heavy atom. The molecule has 0 unspecified atom stereocenters. The second-order valence-corrected chi connectivity index (χ2v) is 6.32. The molecule has 136 valence electrons. The van der Waals surface area contributed by atoms with Crippen molar-refractivity contribution in [3.63, 3.8) is 0 Å². The van der Waals surface area contributed by atoms with Gasteiger partial charge in [-0.05, 0) is 17.7 Å². The van der Waals surface area contributed by atoms with Crippen LogP contribution in [0.4, 0.5) is 0 Å². The summed E-state index contributed by atoms with van der Waals surface area (Å²) in [4.78, 5) is 26.1. The molecule has 0 saturated heterocycles. The Morgan fingerprint density at radius 3 is 1.89 bits per heavy atom.